The van der Waals surface area contributed by atoms with E-state index in [0.29, 0.717) is 6.42 Å². The summed E-state index contributed by atoms with van der Waals surface area (Å²) in [6.07, 6.45) is 7.39. The van der Waals surface area contributed by atoms with Crippen LogP contribution in [-0.2, 0) is 4.79 Å². The number of carbonyl (C=O) groups is 1. The van der Waals surface area contributed by atoms with Crippen LogP contribution in [0.1, 0.15) is 51.9 Å². The van der Waals surface area contributed by atoms with Gasteiger partial charge in [-0.1, -0.05) is 26.2 Å². The van der Waals surface area contributed by atoms with Gasteiger partial charge in [-0.25, -0.2) is 0 Å². The van der Waals surface area contributed by atoms with Crippen molar-refractivity contribution in [3.05, 3.63) is 0 Å². The lowest BCUT2D eigenvalue weighted by atomic mass is 9.86. The van der Waals surface area contributed by atoms with Crippen molar-refractivity contribution in [2.45, 2.75) is 57.4 Å². The molecule has 3 nitrogen and oxygen atoms in total. The maximum Gasteiger partial charge on any atom is 0.323 e. The van der Waals surface area contributed by atoms with E-state index in [4.69, 9.17) is 5.73 Å². The minimum absolute atomic E-state index is 0.179. The van der Waals surface area contributed by atoms with Crippen molar-refractivity contribution in [2.24, 2.45) is 11.7 Å². The fourth-order valence-corrected chi connectivity index (χ4v) is 3.63. The molecule has 2 unspecified atom stereocenters. The zero-order chi connectivity index (χ0) is 12.7. The third-order valence-electron chi connectivity index (χ3n) is 3.77. The average molecular weight is 259 g/mol. The van der Waals surface area contributed by atoms with Crippen LogP contribution in [0.3, 0.4) is 0 Å². The van der Waals surface area contributed by atoms with Crippen molar-refractivity contribution in [3.8, 4) is 0 Å². The van der Waals surface area contributed by atoms with Gasteiger partial charge in [0.05, 0.1) is 0 Å². The van der Waals surface area contributed by atoms with E-state index < -0.39 is 11.5 Å². The van der Waals surface area contributed by atoms with Crippen LogP contribution < -0.4 is 5.73 Å². The Balaban J connectivity index is 2.20. The molecule has 0 saturated heterocycles. The largest absolute Gasteiger partial charge is 0.480 e. The van der Waals surface area contributed by atoms with Gasteiger partial charge in [0.15, 0.2) is 0 Å². The van der Waals surface area contributed by atoms with Crippen molar-refractivity contribution in [1.29, 1.82) is 0 Å². The Hall–Kier alpha value is -0.220. The number of hydrogen-bond acceptors (Lipinski definition) is 3. The Labute approximate surface area is 109 Å². The Morgan fingerprint density at radius 2 is 2.24 bits per heavy atom. The Morgan fingerprint density at radius 3 is 2.88 bits per heavy atom. The van der Waals surface area contributed by atoms with E-state index in [1.807, 2.05) is 11.8 Å². The minimum Gasteiger partial charge on any atom is -0.480 e. The Bertz CT molecular complexity index is 248. The molecule has 1 aliphatic carbocycles. The topological polar surface area (TPSA) is 63.3 Å². The van der Waals surface area contributed by atoms with Gasteiger partial charge < -0.3 is 10.8 Å². The molecular formula is C13H25NO2S. The molecule has 0 aromatic carbocycles. The zero-order valence-electron chi connectivity index (χ0n) is 10.8. The maximum absolute atomic E-state index is 11.2. The monoisotopic (exact) mass is 259 g/mol. The number of aliphatic carboxylic acids is 1. The molecule has 0 bridgehead atoms. The molecule has 1 saturated carbocycles. The van der Waals surface area contributed by atoms with Gasteiger partial charge in [-0.15, -0.1) is 0 Å². The molecule has 1 fully saturated rings. The van der Waals surface area contributed by atoms with Crippen LogP contribution in [0.5, 0.6) is 0 Å². The van der Waals surface area contributed by atoms with Crippen LogP contribution in [0.25, 0.3) is 0 Å². The molecule has 4 heteroatoms. The molecule has 1 rings (SSSR count). The molecule has 0 aromatic rings. The van der Waals surface area contributed by atoms with E-state index in [9.17, 15) is 9.90 Å². The van der Waals surface area contributed by atoms with Crippen molar-refractivity contribution >= 4 is 17.7 Å². The second kappa shape index (κ2) is 7.27. The van der Waals surface area contributed by atoms with E-state index in [-0.39, 0.29) is 5.92 Å². The number of rotatable bonds is 8. The lowest BCUT2D eigenvalue weighted by Crippen LogP contribution is -2.51. The number of unbranched alkanes of at least 4 members (excludes halogenated alkanes) is 2. The van der Waals surface area contributed by atoms with Crippen molar-refractivity contribution < 1.29 is 9.90 Å². The molecule has 0 aliphatic heterocycles. The number of hydrogen-bond donors (Lipinski definition) is 2. The summed E-state index contributed by atoms with van der Waals surface area (Å²) in [5.74, 6) is 1.63. The number of nitrogens with two attached hydrogens (primary N) is 1. The van der Waals surface area contributed by atoms with E-state index in [1.54, 1.807) is 0 Å². The zero-order valence-corrected chi connectivity index (χ0v) is 11.6. The summed E-state index contributed by atoms with van der Waals surface area (Å²) in [5.41, 5.74) is 5.06. The maximum atomic E-state index is 11.2. The average Bonchev–Trinajstić information content (AvgIpc) is 2.67. The van der Waals surface area contributed by atoms with E-state index >= 15 is 0 Å². The summed E-state index contributed by atoms with van der Waals surface area (Å²) in [6.45, 7) is 2.21. The summed E-state index contributed by atoms with van der Waals surface area (Å²) in [4.78, 5) is 11.2. The highest BCUT2D eigenvalue weighted by atomic mass is 32.2. The minimum atomic E-state index is -0.940. The predicted molar refractivity (Wildman–Crippen MR) is 73.4 cm³/mol. The van der Waals surface area contributed by atoms with Gasteiger partial charge in [-0.3, -0.25) is 4.79 Å². The molecular weight excluding hydrogens is 234 g/mol. The fourth-order valence-electron chi connectivity index (χ4n) is 2.57. The first-order chi connectivity index (χ1) is 8.11. The van der Waals surface area contributed by atoms with Crippen LogP contribution in [0.15, 0.2) is 0 Å². The first kappa shape index (κ1) is 14.8. The molecule has 3 N–H and O–H groups in total. The molecule has 0 spiro atoms. The van der Waals surface area contributed by atoms with Gasteiger partial charge in [0.25, 0.3) is 0 Å². The van der Waals surface area contributed by atoms with Crippen LogP contribution in [0.2, 0.25) is 0 Å². The van der Waals surface area contributed by atoms with Crippen molar-refractivity contribution in [1.82, 2.24) is 0 Å². The molecule has 0 radical (unpaired) electrons. The van der Waals surface area contributed by atoms with Gasteiger partial charge in [0.2, 0.25) is 0 Å². The standard InChI is InChI=1S/C13H25NO2S/c1-2-3-4-9-17-10-7-11-6-5-8-13(11,14)12(15)16/h11H,2-10,14H2,1H3,(H,15,16). The quantitative estimate of drug-likeness (QED) is 0.658. The Morgan fingerprint density at radius 1 is 1.47 bits per heavy atom. The van der Waals surface area contributed by atoms with E-state index in [2.05, 4.69) is 6.92 Å². The lowest BCUT2D eigenvalue weighted by Gasteiger charge is -2.26. The molecule has 17 heavy (non-hydrogen) atoms. The van der Waals surface area contributed by atoms with E-state index in [0.717, 1.165) is 25.0 Å². The van der Waals surface area contributed by atoms with Gasteiger partial charge in [-0.05, 0) is 43.1 Å². The summed E-state index contributed by atoms with van der Waals surface area (Å²) in [6, 6.07) is 0. The van der Waals surface area contributed by atoms with Crippen LogP contribution >= 0.6 is 11.8 Å². The van der Waals surface area contributed by atoms with Gasteiger partial charge in [-0.2, -0.15) is 11.8 Å². The van der Waals surface area contributed by atoms with Gasteiger partial charge in [0.1, 0.15) is 5.54 Å². The van der Waals surface area contributed by atoms with Gasteiger partial charge in [0, 0.05) is 0 Å². The van der Waals surface area contributed by atoms with Crippen LogP contribution in [0, 0.1) is 5.92 Å². The van der Waals surface area contributed by atoms with Gasteiger partial charge >= 0.3 is 5.97 Å². The summed E-state index contributed by atoms with van der Waals surface area (Å²) in [5, 5.41) is 9.18. The predicted octanol–water partition coefficient (Wildman–Crippen LogP) is 2.88. The SMILES string of the molecule is CCCCCSCCC1CCCC1(N)C(=O)O. The summed E-state index contributed by atoms with van der Waals surface area (Å²) < 4.78 is 0. The van der Waals surface area contributed by atoms with Crippen LogP contribution in [-0.4, -0.2) is 28.1 Å². The second-order valence-corrected chi connectivity index (χ2v) is 6.27. The second-order valence-electron chi connectivity index (χ2n) is 5.04. The Kier molecular flexibility index (Phi) is 6.34. The third-order valence-corrected chi connectivity index (χ3v) is 4.87. The molecule has 0 aromatic heterocycles. The molecule has 100 valence electrons. The first-order valence-corrected chi connectivity index (χ1v) is 7.86. The summed E-state index contributed by atoms with van der Waals surface area (Å²) in [7, 11) is 0. The molecule has 2 atom stereocenters. The number of thioether (sulfide) groups is 1. The van der Waals surface area contributed by atoms with Crippen LogP contribution in [0.4, 0.5) is 0 Å². The highest BCUT2D eigenvalue weighted by Crippen LogP contribution is 2.36. The molecule has 0 heterocycles. The lowest BCUT2D eigenvalue weighted by molar-refractivity contribution is -0.144. The molecule has 0 amide bonds. The normalized spacial score (nSPS) is 28.5. The van der Waals surface area contributed by atoms with Crippen molar-refractivity contribution in [3.63, 3.8) is 0 Å². The third kappa shape index (κ3) is 4.18. The summed E-state index contributed by atoms with van der Waals surface area (Å²) >= 11 is 1.94. The number of carboxylic acid groups (broad SMARTS) is 1. The highest BCUT2D eigenvalue weighted by molar-refractivity contribution is 7.99. The van der Waals surface area contributed by atoms with E-state index in [1.165, 1.54) is 25.0 Å². The fraction of sp³-hybridized carbons (Fsp3) is 0.923. The first-order valence-electron chi connectivity index (χ1n) is 6.71. The smallest absolute Gasteiger partial charge is 0.323 e. The molecule has 1 aliphatic rings. The highest BCUT2D eigenvalue weighted by Gasteiger charge is 2.45. The van der Waals surface area contributed by atoms with Crippen molar-refractivity contribution in [2.75, 3.05) is 11.5 Å². The number of carboxylic acids is 1.